The maximum atomic E-state index is 13.2. The number of hydrogen-bond acceptors (Lipinski definition) is 8. The van der Waals surface area contributed by atoms with Gasteiger partial charge in [-0.2, -0.15) is 0 Å². The summed E-state index contributed by atoms with van der Waals surface area (Å²) in [5.41, 5.74) is 0. The van der Waals surface area contributed by atoms with E-state index in [1.807, 2.05) is 6.08 Å². The average molecular weight is 1260 g/mol. The molecule has 6 N–H and O–H groups in total. The predicted octanol–water partition coefficient (Wildman–Crippen LogP) is 23.0. The fourth-order valence-corrected chi connectivity index (χ4v) is 13.6. The molecule has 7 atom stereocenters. The molecule has 1 fully saturated rings. The number of rotatable bonds is 73. The number of amides is 1. The topological polar surface area (TPSA) is 149 Å². The Morgan fingerprint density at radius 3 is 0.876 bits per heavy atom. The highest BCUT2D eigenvalue weighted by atomic mass is 16.7. The number of carbonyl (C=O) groups excluding carboxylic acids is 1. The Balaban J connectivity index is 2.04. The van der Waals surface area contributed by atoms with Crippen LogP contribution in [0.5, 0.6) is 0 Å². The number of aliphatic hydroxyl groups excluding tert-OH is 5. The molecule has 0 radical (unpaired) electrons. The minimum Gasteiger partial charge on any atom is -0.394 e. The fraction of sp³-hybridized carbons (Fsp3) is 0.963. The van der Waals surface area contributed by atoms with Crippen LogP contribution in [-0.2, 0) is 14.3 Å². The molecule has 1 saturated heterocycles. The number of nitrogens with one attached hydrogen (secondary N) is 1. The Bertz CT molecular complexity index is 1410. The number of aliphatic hydroxyl groups is 5. The molecule has 0 aromatic carbocycles. The van der Waals surface area contributed by atoms with Crippen LogP contribution in [0.3, 0.4) is 0 Å². The predicted molar refractivity (Wildman–Crippen MR) is 383 cm³/mol. The van der Waals surface area contributed by atoms with Crippen molar-refractivity contribution in [3.05, 3.63) is 12.2 Å². The molecule has 0 aliphatic carbocycles. The van der Waals surface area contributed by atoms with Crippen molar-refractivity contribution < 1.29 is 39.8 Å². The summed E-state index contributed by atoms with van der Waals surface area (Å²) in [6.45, 7) is 3.86. The zero-order chi connectivity index (χ0) is 64.2. The fourth-order valence-electron chi connectivity index (χ4n) is 13.6. The van der Waals surface area contributed by atoms with Gasteiger partial charge < -0.3 is 40.3 Å². The normalized spacial score (nSPS) is 17.8. The minimum absolute atomic E-state index is 0.165. The first kappa shape index (κ1) is 85.9. The van der Waals surface area contributed by atoms with Crippen LogP contribution in [0.1, 0.15) is 438 Å². The van der Waals surface area contributed by atoms with Crippen LogP contribution in [-0.4, -0.2) is 87.5 Å². The third-order valence-electron chi connectivity index (χ3n) is 19.9. The summed E-state index contributed by atoms with van der Waals surface area (Å²) in [7, 11) is 0. The monoisotopic (exact) mass is 1260 g/mol. The van der Waals surface area contributed by atoms with Gasteiger partial charge in [-0.1, -0.05) is 424 Å². The molecule has 1 aliphatic heterocycles. The molecule has 7 unspecified atom stereocenters. The molecular weight excluding hydrogens is 1100 g/mol. The number of allylic oxidation sites excluding steroid dienone is 1. The molecule has 1 aliphatic rings. The van der Waals surface area contributed by atoms with Crippen LogP contribution in [0, 0.1) is 0 Å². The summed E-state index contributed by atoms with van der Waals surface area (Å²) < 4.78 is 11.4. The summed E-state index contributed by atoms with van der Waals surface area (Å²) in [5.74, 6) is -0.165. The molecule has 0 aromatic rings. The SMILES string of the molecule is CCCCCCCCCCCCCCCCCCCCCCCCCCCC/C=C/C(O)C(COC1OC(CO)C(O)C(O)C1O)NC(=O)CCCCCCCCCCCCCCCCCCCCCCCCCCCCCCCCCCCCCCCC. The van der Waals surface area contributed by atoms with Gasteiger partial charge in [0, 0.05) is 6.42 Å². The smallest absolute Gasteiger partial charge is 0.220 e. The van der Waals surface area contributed by atoms with Crippen LogP contribution >= 0.6 is 0 Å². The highest BCUT2D eigenvalue weighted by Gasteiger charge is 2.44. The van der Waals surface area contributed by atoms with E-state index in [2.05, 4.69) is 19.2 Å². The van der Waals surface area contributed by atoms with Crippen LogP contribution in [0.2, 0.25) is 0 Å². The summed E-state index contributed by atoms with van der Waals surface area (Å²) in [5, 5.41) is 54.9. The summed E-state index contributed by atoms with van der Waals surface area (Å²) in [6.07, 6.45) is 85.2. The van der Waals surface area contributed by atoms with Gasteiger partial charge in [-0.3, -0.25) is 4.79 Å². The van der Waals surface area contributed by atoms with E-state index in [1.165, 1.54) is 379 Å². The zero-order valence-electron chi connectivity index (χ0n) is 59.7. The van der Waals surface area contributed by atoms with E-state index < -0.39 is 49.5 Å². The Hall–Kier alpha value is -1.07. The lowest BCUT2D eigenvalue weighted by atomic mass is 9.99. The van der Waals surface area contributed by atoms with Crippen molar-refractivity contribution in [3.63, 3.8) is 0 Å². The van der Waals surface area contributed by atoms with Crippen molar-refractivity contribution in [2.45, 2.75) is 480 Å². The second-order valence-electron chi connectivity index (χ2n) is 28.6. The van der Waals surface area contributed by atoms with Crippen molar-refractivity contribution in [1.29, 1.82) is 0 Å². The Morgan fingerprint density at radius 2 is 0.618 bits per heavy atom. The number of unbranched alkanes of at least 4 members (excludes halogenated alkanes) is 63. The Kier molecular flexibility index (Phi) is 67.4. The first-order valence-electron chi connectivity index (χ1n) is 40.4. The highest BCUT2D eigenvalue weighted by molar-refractivity contribution is 5.76. The first-order valence-corrected chi connectivity index (χ1v) is 40.4. The lowest BCUT2D eigenvalue weighted by Crippen LogP contribution is -2.60. The Labute approximate surface area is 554 Å². The average Bonchev–Trinajstić information content (AvgIpc) is 2.42. The largest absolute Gasteiger partial charge is 0.394 e. The van der Waals surface area contributed by atoms with Gasteiger partial charge in [-0.05, 0) is 19.3 Å². The summed E-state index contributed by atoms with van der Waals surface area (Å²) in [6, 6.07) is -0.803. The molecule has 9 heteroatoms. The third-order valence-corrected chi connectivity index (χ3v) is 19.9. The van der Waals surface area contributed by atoms with Gasteiger partial charge in [0.1, 0.15) is 24.4 Å². The van der Waals surface area contributed by atoms with Crippen molar-refractivity contribution in [1.82, 2.24) is 5.32 Å². The lowest BCUT2D eigenvalue weighted by molar-refractivity contribution is -0.302. The third kappa shape index (κ3) is 58.1. The highest BCUT2D eigenvalue weighted by Crippen LogP contribution is 2.24. The molecule has 530 valence electrons. The maximum Gasteiger partial charge on any atom is 0.220 e. The van der Waals surface area contributed by atoms with Crippen LogP contribution in [0.4, 0.5) is 0 Å². The van der Waals surface area contributed by atoms with Gasteiger partial charge in [0.25, 0.3) is 0 Å². The van der Waals surface area contributed by atoms with E-state index in [9.17, 15) is 30.3 Å². The van der Waals surface area contributed by atoms with E-state index >= 15 is 0 Å². The first-order chi connectivity index (χ1) is 43.8. The Morgan fingerprint density at radius 1 is 0.371 bits per heavy atom. The number of ether oxygens (including phenoxy) is 2. The van der Waals surface area contributed by atoms with Crippen molar-refractivity contribution in [2.24, 2.45) is 0 Å². The number of carbonyl (C=O) groups is 1. The second-order valence-corrected chi connectivity index (χ2v) is 28.6. The van der Waals surface area contributed by atoms with Crippen LogP contribution in [0.25, 0.3) is 0 Å². The lowest BCUT2D eigenvalue weighted by Gasteiger charge is -2.40. The molecule has 1 rings (SSSR count). The molecule has 1 heterocycles. The molecule has 0 aromatic heterocycles. The summed E-state index contributed by atoms with van der Waals surface area (Å²) >= 11 is 0. The van der Waals surface area contributed by atoms with Crippen LogP contribution in [0.15, 0.2) is 12.2 Å². The van der Waals surface area contributed by atoms with Crippen LogP contribution < -0.4 is 5.32 Å². The van der Waals surface area contributed by atoms with Gasteiger partial charge in [0.2, 0.25) is 5.91 Å². The van der Waals surface area contributed by atoms with Gasteiger partial charge in [-0.25, -0.2) is 0 Å². The molecule has 0 bridgehead atoms. The van der Waals surface area contributed by atoms with E-state index in [4.69, 9.17) is 9.47 Å². The van der Waals surface area contributed by atoms with Gasteiger partial charge in [0.05, 0.1) is 25.4 Å². The van der Waals surface area contributed by atoms with Gasteiger partial charge in [-0.15, -0.1) is 0 Å². The number of hydrogen-bond donors (Lipinski definition) is 6. The molecule has 1 amide bonds. The molecule has 89 heavy (non-hydrogen) atoms. The van der Waals surface area contributed by atoms with E-state index in [-0.39, 0.29) is 12.5 Å². The van der Waals surface area contributed by atoms with Crippen molar-refractivity contribution in [3.8, 4) is 0 Å². The van der Waals surface area contributed by atoms with E-state index in [0.717, 1.165) is 38.5 Å². The maximum absolute atomic E-state index is 13.2. The minimum atomic E-state index is -1.57. The summed E-state index contributed by atoms with van der Waals surface area (Å²) in [4.78, 5) is 13.2. The molecule has 0 spiro atoms. The second kappa shape index (κ2) is 69.8. The van der Waals surface area contributed by atoms with Gasteiger partial charge >= 0.3 is 0 Å². The van der Waals surface area contributed by atoms with E-state index in [0.29, 0.717) is 6.42 Å². The van der Waals surface area contributed by atoms with Crippen molar-refractivity contribution >= 4 is 5.91 Å². The van der Waals surface area contributed by atoms with E-state index in [1.54, 1.807) is 6.08 Å². The van der Waals surface area contributed by atoms with Gasteiger partial charge in [0.15, 0.2) is 6.29 Å². The zero-order valence-corrected chi connectivity index (χ0v) is 59.7. The molecule has 9 nitrogen and oxygen atoms in total. The quantitative estimate of drug-likeness (QED) is 0.0261. The standard InChI is InChI=1S/C80H157NO8/c1-3-5-7-9-11-13-15-17-19-21-23-25-27-29-31-33-34-35-36-37-38-39-40-41-42-44-46-48-50-52-54-56-58-60-62-64-66-68-70-76(84)81-73(72-88-80-79(87)78(86)77(85)75(71-82)89-80)74(83)69-67-65-63-61-59-57-55-53-51-49-47-45-43-32-30-28-26-24-22-20-18-16-14-12-10-8-6-4-2/h67,69,73-75,77-80,82-83,85-87H,3-66,68,70-72H2,1-2H3,(H,81,84)/b69-67+. The van der Waals surface area contributed by atoms with Crippen molar-refractivity contribution in [2.75, 3.05) is 13.2 Å². The molecule has 0 saturated carbocycles. The molecular formula is C80H157NO8.